The molecule has 88 valence electrons. The molecular formula is C10H8F4O2. The van der Waals surface area contributed by atoms with Crippen LogP contribution in [0, 0.1) is 5.82 Å². The van der Waals surface area contributed by atoms with Gasteiger partial charge in [0.25, 0.3) is 0 Å². The van der Waals surface area contributed by atoms with Gasteiger partial charge in [-0.2, -0.15) is 13.2 Å². The topological polar surface area (TPSA) is 26.3 Å². The monoisotopic (exact) mass is 236 g/mol. The lowest BCUT2D eigenvalue weighted by Gasteiger charge is -2.13. The normalized spacial score (nSPS) is 11.4. The van der Waals surface area contributed by atoms with E-state index in [-0.39, 0.29) is 0 Å². The van der Waals surface area contributed by atoms with Crippen LogP contribution < -0.4 is 4.74 Å². The summed E-state index contributed by atoms with van der Waals surface area (Å²) in [7, 11) is 0.997. The maximum Gasteiger partial charge on any atom is 0.419 e. The second-order valence-electron chi connectivity index (χ2n) is 3.09. The first-order valence-corrected chi connectivity index (χ1v) is 4.23. The highest BCUT2D eigenvalue weighted by Crippen LogP contribution is 2.37. The Morgan fingerprint density at radius 2 is 1.88 bits per heavy atom. The molecule has 0 radical (unpaired) electrons. The fourth-order valence-corrected chi connectivity index (χ4v) is 1.22. The maximum atomic E-state index is 13.2. The van der Waals surface area contributed by atoms with Crippen LogP contribution in [-0.2, 0) is 6.18 Å². The van der Waals surface area contributed by atoms with Gasteiger partial charge in [0.05, 0.1) is 18.2 Å². The van der Waals surface area contributed by atoms with Gasteiger partial charge in [-0.1, -0.05) is 0 Å². The zero-order chi connectivity index (χ0) is 12.5. The van der Waals surface area contributed by atoms with Crippen molar-refractivity contribution in [1.29, 1.82) is 0 Å². The molecule has 1 rings (SSSR count). The van der Waals surface area contributed by atoms with Gasteiger partial charge < -0.3 is 4.74 Å². The van der Waals surface area contributed by atoms with Crippen LogP contribution in [0.15, 0.2) is 12.1 Å². The molecule has 6 heteroatoms. The second kappa shape index (κ2) is 4.11. The number of alkyl halides is 3. The number of Topliss-reactive ketones (excluding diaryl/α,β-unsaturated/α-hetero) is 1. The number of ketones is 1. The number of benzene rings is 1. The van der Waals surface area contributed by atoms with E-state index in [0.717, 1.165) is 14.0 Å². The van der Waals surface area contributed by atoms with Crippen molar-refractivity contribution >= 4 is 5.78 Å². The van der Waals surface area contributed by atoms with Gasteiger partial charge in [-0.25, -0.2) is 4.39 Å². The molecule has 0 saturated carbocycles. The van der Waals surface area contributed by atoms with E-state index < -0.39 is 34.7 Å². The van der Waals surface area contributed by atoms with Crippen LogP contribution in [0.3, 0.4) is 0 Å². The molecule has 0 aliphatic heterocycles. The van der Waals surface area contributed by atoms with E-state index in [0.29, 0.717) is 12.1 Å². The van der Waals surface area contributed by atoms with Crippen LogP contribution in [0.5, 0.6) is 5.75 Å². The average molecular weight is 236 g/mol. The quantitative estimate of drug-likeness (QED) is 0.582. The Morgan fingerprint density at radius 1 is 1.31 bits per heavy atom. The highest BCUT2D eigenvalue weighted by Gasteiger charge is 2.35. The zero-order valence-electron chi connectivity index (χ0n) is 8.48. The van der Waals surface area contributed by atoms with Crippen molar-refractivity contribution in [3.63, 3.8) is 0 Å². The molecule has 0 bridgehead atoms. The summed E-state index contributed by atoms with van der Waals surface area (Å²) in [6.45, 7) is 0.991. The molecule has 2 nitrogen and oxygen atoms in total. The molecule has 0 aliphatic carbocycles. The molecule has 1 aromatic carbocycles. The van der Waals surface area contributed by atoms with Crippen molar-refractivity contribution in [2.24, 2.45) is 0 Å². The summed E-state index contributed by atoms with van der Waals surface area (Å²) >= 11 is 0. The molecule has 0 fully saturated rings. The molecular weight excluding hydrogens is 228 g/mol. The Kier molecular flexibility index (Phi) is 3.21. The van der Waals surface area contributed by atoms with E-state index in [1.807, 2.05) is 0 Å². The number of carbonyl (C=O) groups excluding carboxylic acids is 1. The van der Waals surface area contributed by atoms with E-state index in [4.69, 9.17) is 0 Å². The van der Waals surface area contributed by atoms with Gasteiger partial charge in [-0.05, 0) is 13.0 Å². The SMILES string of the molecule is COc1cc(F)c(C(C)=O)cc1C(F)(F)F. The number of ether oxygens (including phenoxy) is 1. The first kappa shape index (κ1) is 12.5. The largest absolute Gasteiger partial charge is 0.496 e. The summed E-state index contributed by atoms with van der Waals surface area (Å²) < 4.78 is 55.1. The fourth-order valence-electron chi connectivity index (χ4n) is 1.22. The number of methoxy groups -OCH3 is 1. The van der Waals surface area contributed by atoms with Crippen LogP contribution >= 0.6 is 0 Å². The van der Waals surface area contributed by atoms with E-state index >= 15 is 0 Å². The standard InChI is InChI=1S/C10H8F4O2/c1-5(15)6-3-7(10(12,13)14)9(16-2)4-8(6)11/h3-4H,1-2H3. The maximum absolute atomic E-state index is 13.2. The predicted octanol–water partition coefficient (Wildman–Crippen LogP) is 3.06. The molecule has 0 amide bonds. The van der Waals surface area contributed by atoms with Crippen LogP contribution in [0.4, 0.5) is 17.6 Å². The summed E-state index contributed by atoms with van der Waals surface area (Å²) in [4.78, 5) is 10.9. The van der Waals surface area contributed by atoms with E-state index in [1.165, 1.54) is 0 Å². The molecule has 16 heavy (non-hydrogen) atoms. The van der Waals surface area contributed by atoms with Crippen molar-refractivity contribution in [2.75, 3.05) is 7.11 Å². The predicted molar refractivity (Wildman–Crippen MR) is 48.0 cm³/mol. The van der Waals surface area contributed by atoms with Crippen LogP contribution in [0.25, 0.3) is 0 Å². The first-order valence-electron chi connectivity index (χ1n) is 4.23. The Balaban J connectivity index is 3.47. The molecule has 0 saturated heterocycles. The zero-order valence-corrected chi connectivity index (χ0v) is 8.48. The van der Waals surface area contributed by atoms with Crippen molar-refractivity contribution in [1.82, 2.24) is 0 Å². The minimum Gasteiger partial charge on any atom is -0.496 e. The summed E-state index contributed by atoms with van der Waals surface area (Å²) in [5.74, 6) is -2.45. The van der Waals surface area contributed by atoms with Crippen molar-refractivity contribution in [3.05, 3.63) is 29.1 Å². The number of halogens is 4. The summed E-state index contributed by atoms with van der Waals surface area (Å²) in [5, 5.41) is 0. The van der Waals surface area contributed by atoms with Crippen LogP contribution in [0.2, 0.25) is 0 Å². The third-order valence-corrected chi connectivity index (χ3v) is 1.97. The Bertz CT molecular complexity index is 424. The molecule has 0 aromatic heterocycles. The Morgan fingerprint density at radius 3 is 2.25 bits per heavy atom. The second-order valence-corrected chi connectivity index (χ2v) is 3.09. The van der Waals surface area contributed by atoms with Gasteiger partial charge >= 0.3 is 6.18 Å². The summed E-state index contributed by atoms with van der Waals surface area (Å²) in [6.07, 6.45) is -4.69. The fraction of sp³-hybridized carbons (Fsp3) is 0.300. The van der Waals surface area contributed by atoms with Crippen molar-refractivity contribution in [2.45, 2.75) is 13.1 Å². The van der Waals surface area contributed by atoms with Gasteiger partial charge in [0.2, 0.25) is 0 Å². The molecule has 0 unspecified atom stereocenters. The molecule has 0 atom stereocenters. The van der Waals surface area contributed by atoms with E-state index in [2.05, 4.69) is 4.74 Å². The first-order chi connectivity index (χ1) is 7.27. The molecule has 0 aliphatic rings. The van der Waals surface area contributed by atoms with E-state index in [9.17, 15) is 22.4 Å². The Labute approximate surface area is 88.8 Å². The van der Waals surface area contributed by atoms with Gasteiger partial charge in [-0.15, -0.1) is 0 Å². The van der Waals surface area contributed by atoms with Crippen molar-refractivity contribution < 1.29 is 27.1 Å². The van der Waals surface area contributed by atoms with Crippen LogP contribution in [0.1, 0.15) is 22.8 Å². The molecule has 0 heterocycles. The summed E-state index contributed by atoms with van der Waals surface area (Å²) in [5.41, 5.74) is -1.77. The third-order valence-electron chi connectivity index (χ3n) is 1.97. The number of rotatable bonds is 2. The average Bonchev–Trinajstić information content (AvgIpc) is 2.14. The third kappa shape index (κ3) is 2.32. The lowest BCUT2D eigenvalue weighted by atomic mass is 10.1. The number of hydrogen-bond acceptors (Lipinski definition) is 2. The molecule has 1 aromatic rings. The minimum absolute atomic E-state index is 0.455. The molecule has 0 N–H and O–H groups in total. The van der Waals surface area contributed by atoms with Gasteiger partial charge in [0.1, 0.15) is 11.6 Å². The highest BCUT2D eigenvalue weighted by atomic mass is 19.4. The van der Waals surface area contributed by atoms with Gasteiger partial charge in [0.15, 0.2) is 5.78 Å². The summed E-state index contributed by atoms with van der Waals surface area (Å²) in [6, 6.07) is 1.01. The van der Waals surface area contributed by atoms with Crippen molar-refractivity contribution in [3.8, 4) is 5.75 Å². The Hall–Kier alpha value is -1.59. The van der Waals surface area contributed by atoms with Gasteiger partial charge in [-0.3, -0.25) is 4.79 Å². The van der Waals surface area contributed by atoms with Crippen LogP contribution in [-0.4, -0.2) is 12.9 Å². The molecule has 0 spiro atoms. The lowest BCUT2D eigenvalue weighted by molar-refractivity contribution is -0.138. The minimum atomic E-state index is -4.69. The lowest BCUT2D eigenvalue weighted by Crippen LogP contribution is -2.10. The smallest absolute Gasteiger partial charge is 0.419 e. The number of hydrogen-bond donors (Lipinski definition) is 0. The number of carbonyl (C=O) groups is 1. The highest BCUT2D eigenvalue weighted by molar-refractivity contribution is 5.94. The van der Waals surface area contributed by atoms with E-state index in [1.54, 1.807) is 0 Å². The van der Waals surface area contributed by atoms with Gasteiger partial charge in [0, 0.05) is 6.07 Å².